The lowest BCUT2D eigenvalue weighted by Crippen LogP contribution is -2.41. The van der Waals surface area contributed by atoms with Crippen molar-refractivity contribution in [3.63, 3.8) is 0 Å². The molecular formula is C17H22ClNO4. The van der Waals surface area contributed by atoms with Crippen LogP contribution in [0.5, 0.6) is 0 Å². The van der Waals surface area contributed by atoms with Gasteiger partial charge in [-0.3, -0.25) is 0 Å². The van der Waals surface area contributed by atoms with E-state index in [-0.39, 0.29) is 30.5 Å². The zero-order chi connectivity index (χ0) is 16.2. The van der Waals surface area contributed by atoms with Crippen LogP contribution in [0.25, 0.3) is 11.3 Å². The van der Waals surface area contributed by atoms with Crippen LogP contribution in [-0.4, -0.2) is 30.3 Å². The fraction of sp³-hybridized carbons (Fsp3) is 0.353. The summed E-state index contributed by atoms with van der Waals surface area (Å²) in [6.07, 6.45) is 0. The van der Waals surface area contributed by atoms with E-state index in [2.05, 4.69) is 10.1 Å². The lowest BCUT2D eigenvalue weighted by atomic mass is 10.1. The van der Waals surface area contributed by atoms with Crippen molar-refractivity contribution in [2.24, 2.45) is 0 Å². The van der Waals surface area contributed by atoms with Gasteiger partial charge in [-0.15, -0.1) is 12.4 Å². The Morgan fingerprint density at radius 3 is 2.43 bits per heavy atom. The average Bonchev–Trinajstić information content (AvgIpc) is 3.01. The zero-order valence-electron chi connectivity index (χ0n) is 13.5. The van der Waals surface area contributed by atoms with Crippen molar-refractivity contribution < 1.29 is 19.1 Å². The van der Waals surface area contributed by atoms with Gasteiger partial charge in [-0.05, 0) is 38.1 Å². The van der Waals surface area contributed by atoms with Crippen molar-refractivity contribution in [2.75, 3.05) is 13.7 Å². The second kappa shape index (κ2) is 8.15. The Morgan fingerprint density at radius 2 is 1.87 bits per heavy atom. The molecule has 0 fully saturated rings. The molecule has 0 aliphatic rings. The Balaban J connectivity index is 0.00000264. The van der Waals surface area contributed by atoms with Gasteiger partial charge in [0, 0.05) is 11.1 Å². The number of rotatable bonds is 6. The van der Waals surface area contributed by atoms with Gasteiger partial charge in [0.15, 0.2) is 0 Å². The van der Waals surface area contributed by atoms with Gasteiger partial charge in [-0.1, -0.05) is 12.1 Å². The number of aliphatic hydroxyl groups excluding tert-OH is 1. The molecule has 0 spiro atoms. The fourth-order valence-electron chi connectivity index (χ4n) is 1.90. The summed E-state index contributed by atoms with van der Waals surface area (Å²) in [5.41, 5.74) is 1.04. The topological polar surface area (TPSA) is 71.7 Å². The van der Waals surface area contributed by atoms with E-state index in [0.29, 0.717) is 12.1 Å². The molecule has 0 bridgehead atoms. The minimum absolute atomic E-state index is 0. The summed E-state index contributed by atoms with van der Waals surface area (Å²) in [7, 11) is 1.36. The van der Waals surface area contributed by atoms with Crippen molar-refractivity contribution in [2.45, 2.75) is 25.9 Å². The highest BCUT2D eigenvalue weighted by Crippen LogP contribution is 2.23. The summed E-state index contributed by atoms with van der Waals surface area (Å²) < 4.78 is 10.4. The molecule has 0 radical (unpaired) electrons. The van der Waals surface area contributed by atoms with Gasteiger partial charge in [0.05, 0.1) is 25.8 Å². The number of nitrogens with one attached hydrogen (secondary N) is 1. The van der Waals surface area contributed by atoms with E-state index >= 15 is 0 Å². The minimum atomic E-state index is -0.359. The molecule has 0 saturated carbocycles. The third-order valence-corrected chi connectivity index (χ3v) is 3.39. The maximum absolute atomic E-state index is 11.4. The van der Waals surface area contributed by atoms with E-state index in [9.17, 15) is 9.90 Å². The van der Waals surface area contributed by atoms with Gasteiger partial charge < -0.3 is 19.6 Å². The van der Waals surface area contributed by atoms with Crippen LogP contribution in [0.4, 0.5) is 0 Å². The highest BCUT2D eigenvalue weighted by Gasteiger charge is 2.16. The minimum Gasteiger partial charge on any atom is -0.465 e. The summed E-state index contributed by atoms with van der Waals surface area (Å²) >= 11 is 0. The molecule has 0 aliphatic carbocycles. The first kappa shape index (κ1) is 19.2. The third-order valence-electron chi connectivity index (χ3n) is 3.39. The smallest absolute Gasteiger partial charge is 0.337 e. The molecule has 5 nitrogen and oxygen atoms in total. The lowest BCUT2D eigenvalue weighted by molar-refractivity contribution is 0.0600. The number of carbonyl (C=O) groups excluding carboxylic acids is 1. The third kappa shape index (κ3) is 5.10. The van der Waals surface area contributed by atoms with E-state index in [0.717, 1.165) is 17.1 Å². The molecule has 0 aliphatic heterocycles. The monoisotopic (exact) mass is 339 g/mol. The summed E-state index contributed by atoms with van der Waals surface area (Å²) in [5, 5.41) is 12.4. The van der Waals surface area contributed by atoms with Crippen molar-refractivity contribution in [3.8, 4) is 11.3 Å². The van der Waals surface area contributed by atoms with E-state index < -0.39 is 0 Å². The predicted molar refractivity (Wildman–Crippen MR) is 90.7 cm³/mol. The highest BCUT2D eigenvalue weighted by atomic mass is 35.5. The first-order chi connectivity index (χ1) is 10.4. The SMILES string of the molecule is COC(=O)c1ccc(-c2ccc(CNC(C)(C)CO)o2)cc1.Cl. The van der Waals surface area contributed by atoms with E-state index in [1.165, 1.54) is 7.11 Å². The second-order valence-corrected chi connectivity index (χ2v) is 5.73. The van der Waals surface area contributed by atoms with Gasteiger partial charge in [0.2, 0.25) is 0 Å². The first-order valence-corrected chi connectivity index (χ1v) is 7.08. The molecule has 23 heavy (non-hydrogen) atoms. The zero-order valence-corrected chi connectivity index (χ0v) is 14.3. The largest absolute Gasteiger partial charge is 0.465 e. The molecule has 0 saturated heterocycles. The summed E-state index contributed by atoms with van der Waals surface area (Å²) in [6, 6.07) is 10.8. The normalized spacial score (nSPS) is 11.0. The molecule has 126 valence electrons. The maximum atomic E-state index is 11.4. The van der Waals surface area contributed by atoms with Gasteiger partial charge >= 0.3 is 5.97 Å². The summed E-state index contributed by atoms with van der Waals surface area (Å²) in [4.78, 5) is 11.4. The average molecular weight is 340 g/mol. The molecule has 1 aromatic heterocycles. The van der Waals surface area contributed by atoms with E-state index in [4.69, 9.17) is 4.42 Å². The van der Waals surface area contributed by atoms with Crippen molar-refractivity contribution in [1.29, 1.82) is 0 Å². The molecule has 1 aromatic carbocycles. The quantitative estimate of drug-likeness (QED) is 0.791. The number of ether oxygens (including phenoxy) is 1. The Kier molecular flexibility index (Phi) is 6.81. The van der Waals surface area contributed by atoms with Crippen LogP contribution in [0, 0.1) is 0 Å². The van der Waals surface area contributed by atoms with Crippen LogP contribution in [0.15, 0.2) is 40.8 Å². The second-order valence-electron chi connectivity index (χ2n) is 5.73. The molecule has 1 heterocycles. The van der Waals surface area contributed by atoms with Crippen LogP contribution in [0.1, 0.15) is 30.0 Å². The van der Waals surface area contributed by atoms with Crippen LogP contribution < -0.4 is 5.32 Å². The van der Waals surface area contributed by atoms with Crippen molar-refractivity contribution in [3.05, 3.63) is 47.7 Å². The van der Waals surface area contributed by atoms with Gasteiger partial charge in [0.25, 0.3) is 0 Å². The van der Waals surface area contributed by atoms with Gasteiger partial charge in [-0.2, -0.15) is 0 Å². The number of hydrogen-bond acceptors (Lipinski definition) is 5. The Hall–Kier alpha value is -1.82. The number of aliphatic hydroxyl groups is 1. The fourth-order valence-corrected chi connectivity index (χ4v) is 1.90. The molecule has 0 atom stereocenters. The Labute approximate surface area is 142 Å². The van der Waals surface area contributed by atoms with E-state index in [1.54, 1.807) is 12.1 Å². The number of esters is 1. The van der Waals surface area contributed by atoms with E-state index in [1.807, 2.05) is 38.1 Å². The van der Waals surface area contributed by atoms with Gasteiger partial charge in [0.1, 0.15) is 11.5 Å². The Morgan fingerprint density at radius 1 is 1.22 bits per heavy atom. The van der Waals surface area contributed by atoms with Crippen molar-refractivity contribution >= 4 is 18.4 Å². The van der Waals surface area contributed by atoms with Crippen LogP contribution in [-0.2, 0) is 11.3 Å². The summed E-state index contributed by atoms with van der Waals surface area (Å²) in [6.45, 7) is 4.42. The Bertz CT molecular complexity index is 634. The number of hydrogen-bond donors (Lipinski definition) is 2. The number of carbonyl (C=O) groups is 1. The number of benzene rings is 1. The number of methoxy groups -OCH3 is 1. The lowest BCUT2D eigenvalue weighted by Gasteiger charge is -2.22. The molecule has 0 amide bonds. The van der Waals surface area contributed by atoms with Crippen molar-refractivity contribution in [1.82, 2.24) is 5.32 Å². The molecule has 2 N–H and O–H groups in total. The summed E-state index contributed by atoms with van der Waals surface area (Å²) in [5.74, 6) is 1.16. The molecule has 6 heteroatoms. The molecule has 2 aromatic rings. The van der Waals surface area contributed by atoms with Crippen LogP contribution in [0.2, 0.25) is 0 Å². The molecular weight excluding hydrogens is 318 g/mol. The molecule has 0 unspecified atom stereocenters. The van der Waals surface area contributed by atoms with Gasteiger partial charge in [-0.25, -0.2) is 4.79 Å². The number of furan rings is 1. The van der Waals surface area contributed by atoms with Crippen LogP contribution >= 0.6 is 12.4 Å². The number of halogens is 1. The molecule has 2 rings (SSSR count). The predicted octanol–water partition coefficient (Wildman–Crippen LogP) is 3.02. The first-order valence-electron chi connectivity index (χ1n) is 7.08. The van der Waals surface area contributed by atoms with Crippen LogP contribution in [0.3, 0.4) is 0 Å². The standard InChI is InChI=1S/C17H21NO4.ClH/c1-17(2,11-19)18-10-14-8-9-15(22-14)12-4-6-13(7-5-12)16(20)21-3;/h4-9,18-19H,10-11H2,1-3H3;1H. The highest BCUT2D eigenvalue weighted by molar-refractivity contribution is 5.89. The maximum Gasteiger partial charge on any atom is 0.337 e.